The number of hydrogen-bond donors (Lipinski definition) is 1. The Morgan fingerprint density at radius 2 is 2.10 bits per heavy atom. The van der Waals surface area contributed by atoms with Crippen LogP contribution in [0.2, 0.25) is 0 Å². The molecule has 4 nitrogen and oxygen atoms in total. The van der Waals surface area contributed by atoms with Gasteiger partial charge >= 0.3 is 0 Å². The molecule has 0 fully saturated rings. The number of nitrogens with zero attached hydrogens (tertiary/aromatic N) is 2. The van der Waals surface area contributed by atoms with Crippen LogP contribution in [0, 0.1) is 9.39 Å². The van der Waals surface area contributed by atoms with Crippen molar-refractivity contribution in [3.05, 3.63) is 45.2 Å². The molecule has 0 aliphatic heterocycles. The Balaban J connectivity index is 2.16. The number of hydrogen-bond acceptors (Lipinski definition) is 5. The summed E-state index contributed by atoms with van der Waals surface area (Å²) in [6, 6.07) is 6.62. The van der Waals surface area contributed by atoms with Crippen LogP contribution in [0.1, 0.15) is 11.5 Å². The molecule has 1 heterocycles. The highest BCUT2D eigenvalue weighted by Gasteiger charge is 2.11. The van der Waals surface area contributed by atoms with Gasteiger partial charge < -0.3 is 10.5 Å². The maximum absolute atomic E-state index is 13.5. The fraction of sp³-hybridized carbons (Fsp3) is 0.231. The lowest BCUT2D eigenvalue weighted by atomic mass is 10.3. The third-order valence-corrected chi connectivity index (χ3v) is 4.69. The van der Waals surface area contributed by atoms with E-state index in [9.17, 15) is 4.39 Å². The number of methoxy groups -OCH3 is 1. The van der Waals surface area contributed by atoms with E-state index in [4.69, 9.17) is 10.5 Å². The number of nitrogens with two attached hydrogens (primary N) is 1. The van der Waals surface area contributed by atoms with E-state index in [2.05, 4.69) is 32.6 Å². The molecule has 0 aliphatic rings. The van der Waals surface area contributed by atoms with E-state index in [-0.39, 0.29) is 5.82 Å². The number of nitrogen functional groups attached to an aromatic ring is 1. The van der Waals surface area contributed by atoms with Gasteiger partial charge in [-0.15, -0.1) is 11.8 Å². The van der Waals surface area contributed by atoms with Crippen LogP contribution in [0.3, 0.4) is 0 Å². The quantitative estimate of drug-likeness (QED) is 0.612. The van der Waals surface area contributed by atoms with Gasteiger partial charge in [0.2, 0.25) is 0 Å². The fourth-order valence-corrected chi connectivity index (χ4v) is 2.76. The summed E-state index contributed by atoms with van der Waals surface area (Å²) < 4.78 is 19.4. The van der Waals surface area contributed by atoms with Crippen molar-refractivity contribution >= 4 is 40.2 Å². The first-order valence-electron chi connectivity index (χ1n) is 5.79. The monoisotopic (exact) mass is 405 g/mol. The SMILES string of the molecule is COCc1nc(CSc2ccccc2F)nc(N)c1I. The molecule has 0 saturated heterocycles. The molecule has 106 valence electrons. The van der Waals surface area contributed by atoms with Crippen LogP contribution in [-0.4, -0.2) is 17.1 Å². The van der Waals surface area contributed by atoms with E-state index in [0.717, 1.165) is 9.26 Å². The zero-order chi connectivity index (χ0) is 14.5. The molecular weight excluding hydrogens is 392 g/mol. The van der Waals surface area contributed by atoms with Crippen LogP contribution in [0.15, 0.2) is 29.2 Å². The molecule has 1 aromatic carbocycles. The van der Waals surface area contributed by atoms with Crippen LogP contribution < -0.4 is 5.73 Å². The predicted octanol–water partition coefficient (Wildman–Crippen LogP) is 3.24. The van der Waals surface area contributed by atoms with Gasteiger partial charge in [-0.1, -0.05) is 12.1 Å². The van der Waals surface area contributed by atoms with Gasteiger partial charge in [0.1, 0.15) is 17.5 Å². The number of ether oxygens (including phenoxy) is 1. The molecule has 0 spiro atoms. The van der Waals surface area contributed by atoms with E-state index in [1.165, 1.54) is 17.8 Å². The van der Waals surface area contributed by atoms with Crippen LogP contribution in [0.25, 0.3) is 0 Å². The van der Waals surface area contributed by atoms with Gasteiger partial charge in [-0.2, -0.15) is 0 Å². The summed E-state index contributed by atoms with van der Waals surface area (Å²) in [5.74, 6) is 1.21. The normalized spacial score (nSPS) is 10.8. The first-order chi connectivity index (χ1) is 9.61. The van der Waals surface area contributed by atoms with Crippen LogP contribution in [0.4, 0.5) is 10.2 Å². The molecule has 0 saturated carbocycles. The van der Waals surface area contributed by atoms with Crippen molar-refractivity contribution < 1.29 is 9.13 Å². The summed E-state index contributed by atoms with van der Waals surface area (Å²) in [5, 5.41) is 0. The Morgan fingerprint density at radius 1 is 1.35 bits per heavy atom. The third kappa shape index (κ3) is 3.80. The zero-order valence-corrected chi connectivity index (χ0v) is 13.7. The number of rotatable bonds is 5. The molecule has 0 amide bonds. The second-order valence-corrected chi connectivity index (χ2v) is 6.03. The molecule has 0 bridgehead atoms. The molecule has 0 unspecified atom stereocenters. The molecule has 20 heavy (non-hydrogen) atoms. The Kier molecular flexibility index (Phi) is 5.55. The van der Waals surface area contributed by atoms with E-state index < -0.39 is 0 Å². The number of aromatic nitrogens is 2. The van der Waals surface area contributed by atoms with Crippen molar-refractivity contribution in [1.29, 1.82) is 0 Å². The summed E-state index contributed by atoms with van der Waals surface area (Å²) in [6.07, 6.45) is 0. The van der Waals surface area contributed by atoms with Gasteiger partial charge in [-0.05, 0) is 34.7 Å². The fourth-order valence-electron chi connectivity index (χ4n) is 1.57. The topological polar surface area (TPSA) is 61.0 Å². The molecular formula is C13H13FIN3OS. The van der Waals surface area contributed by atoms with Gasteiger partial charge in [-0.3, -0.25) is 0 Å². The largest absolute Gasteiger partial charge is 0.383 e. The van der Waals surface area contributed by atoms with Gasteiger partial charge in [0, 0.05) is 12.0 Å². The van der Waals surface area contributed by atoms with Crippen LogP contribution in [0.5, 0.6) is 0 Å². The molecule has 2 rings (SSSR count). The first kappa shape index (κ1) is 15.5. The molecule has 0 radical (unpaired) electrons. The van der Waals surface area contributed by atoms with Crippen molar-refractivity contribution in [1.82, 2.24) is 9.97 Å². The Hall–Kier alpha value is -0.930. The Morgan fingerprint density at radius 3 is 2.80 bits per heavy atom. The second kappa shape index (κ2) is 7.19. The number of anilines is 1. The molecule has 7 heteroatoms. The van der Waals surface area contributed by atoms with E-state index in [1.807, 2.05) is 0 Å². The second-order valence-electron chi connectivity index (χ2n) is 3.94. The minimum absolute atomic E-state index is 0.243. The summed E-state index contributed by atoms with van der Waals surface area (Å²) in [4.78, 5) is 9.19. The molecule has 2 N–H and O–H groups in total. The van der Waals surface area contributed by atoms with Crippen LogP contribution in [-0.2, 0) is 17.1 Å². The first-order valence-corrected chi connectivity index (χ1v) is 7.85. The molecule has 0 atom stereocenters. The molecule has 1 aromatic heterocycles. The summed E-state index contributed by atoms with van der Waals surface area (Å²) in [7, 11) is 1.60. The molecule has 2 aromatic rings. The summed E-state index contributed by atoms with van der Waals surface area (Å²) in [5.41, 5.74) is 6.61. The Labute approximate surface area is 134 Å². The van der Waals surface area contributed by atoms with Crippen molar-refractivity contribution in [2.75, 3.05) is 12.8 Å². The highest BCUT2D eigenvalue weighted by molar-refractivity contribution is 14.1. The van der Waals surface area contributed by atoms with Crippen molar-refractivity contribution in [2.45, 2.75) is 17.3 Å². The number of thioether (sulfide) groups is 1. The average Bonchev–Trinajstić information content (AvgIpc) is 2.43. The lowest BCUT2D eigenvalue weighted by molar-refractivity contribution is 0.180. The van der Waals surface area contributed by atoms with Gasteiger partial charge in [0.05, 0.1) is 21.6 Å². The lowest BCUT2D eigenvalue weighted by Gasteiger charge is -2.08. The van der Waals surface area contributed by atoms with Crippen molar-refractivity contribution in [3.63, 3.8) is 0 Å². The van der Waals surface area contributed by atoms with Crippen LogP contribution >= 0.6 is 34.4 Å². The van der Waals surface area contributed by atoms with Crippen molar-refractivity contribution in [2.24, 2.45) is 0 Å². The Bertz CT molecular complexity index is 612. The maximum Gasteiger partial charge on any atom is 0.141 e. The minimum Gasteiger partial charge on any atom is -0.383 e. The molecule has 0 aliphatic carbocycles. The van der Waals surface area contributed by atoms with Crippen molar-refractivity contribution in [3.8, 4) is 0 Å². The number of benzene rings is 1. The maximum atomic E-state index is 13.5. The van der Waals surface area contributed by atoms with Gasteiger partial charge in [-0.25, -0.2) is 14.4 Å². The van der Waals surface area contributed by atoms with E-state index in [0.29, 0.717) is 28.9 Å². The average molecular weight is 405 g/mol. The summed E-state index contributed by atoms with van der Waals surface area (Å²) >= 11 is 3.44. The summed E-state index contributed by atoms with van der Waals surface area (Å²) in [6.45, 7) is 0.377. The minimum atomic E-state index is -0.243. The van der Waals surface area contributed by atoms with E-state index in [1.54, 1.807) is 25.3 Å². The smallest absolute Gasteiger partial charge is 0.141 e. The van der Waals surface area contributed by atoms with Gasteiger partial charge in [0.15, 0.2) is 0 Å². The lowest BCUT2D eigenvalue weighted by Crippen LogP contribution is -2.07. The zero-order valence-electron chi connectivity index (χ0n) is 10.8. The number of halogens is 2. The van der Waals surface area contributed by atoms with E-state index >= 15 is 0 Å². The standard InChI is InChI=1S/C13H13FIN3OS/c1-19-6-9-12(15)13(16)18-11(17-9)7-20-10-5-3-2-4-8(10)14/h2-5H,6-7H2,1H3,(H2,16,17,18). The third-order valence-electron chi connectivity index (χ3n) is 2.47. The highest BCUT2D eigenvalue weighted by Crippen LogP contribution is 2.25. The van der Waals surface area contributed by atoms with Gasteiger partial charge in [0.25, 0.3) is 0 Å². The predicted molar refractivity (Wildman–Crippen MR) is 85.8 cm³/mol. The highest BCUT2D eigenvalue weighted by atomic mass is 127.